The topological polar surface area (TPSA) is 74.8 Å². The molecule has 3 rings (SSSR count). The summed E-state index contributed by atoms with van der Waals surface area (Å²) in [7, 11) is 0. The van der Waals surface area contributed by atoms with E-state index >= 15 is 0 Å². The average molecular weight is 372 g/mol. The second-order valence-electron chi connectivity index (χ2n) is 6.04. The van der Waals surface area contributed by atoms with Crippen molar-refractivity contribution in [1.82, 2.24) is 9.88 Å². The number of halogens is 1. The minimum absolute atomic E-state index is 0.297. The van der Waals surface area contributed by atoms with Gasteiger partial charge in [-0.05, 0) is 37.3 Å². The van der Waals surface area contributed by atoms with Crippen molar-refractivity contribution in [2.45, 2.75) is 6.92 Å². The fraction of sp³-hybridized carbons (Fsp3) is 0.316. The summed E-state index contributed by atoms with van der Waals surface area (Å²) >= 11 is 0. The molecule has 0 saturated carbocycles. The molecule has 0 unspecified atom stereocenters. The highest BCUT2D eigenvalue weighted by molar-refractivity contribution is 6.04. The predicted octanol–water partition coefficient (Wildman–Crippen LogP) is 2.75. The molecule has 142 valence electrons. The second-order valence-corrected chi connectivity index (χ2v) is 6.04. The van der Waals surface area contributed by atoms with Crippen molar-refractivity contribution < 1.29 is 18.7 Å². The molecular formula is C19H21FN4O3. The minimum atomic E-state index is -0.414. The van der Waals surface area contributed by atoms with Crippen LogP contribution >= 0.6 is 0 Å². The van der Waals surface area contributed by atoms with Gasteiger partial charge in [0.25, 0.3) is 5.91 Å². The van der Waals surface area contributed by atoms with Gasteiger partial charge in [-0.3, -0.25) is 4.79 Å². The number of anilines is 2. The number of hydrogen-bond acceptors (Lipinski definition) is 5. The Kier molecular flexibility index (Phi) is 5.85. The normalized spacial score (nSPS) is 14.0. The number of nitrogens with one attached hydrogen (secondary N) is 1. The molecule has 1 aromatic heterocycles. The molecule has 1 fully saturated rings. The van der Waals surface area contributed by atoms with Crippen LogP contribution in [0.3, 0.4) is 0 Å². The van der Waals surface area contributed by atoms with Crippen molar-refractivity contribution in [1.29, 1.82) is 0 Å². The van der Waals surface area contributed by atoms with Crippen LogP contribution in [0, 0.1) is 5.82 Å². The van der Waals surface area contributed by atoms with E-state index in [2.05, 4.69) is 10.3 Å². The lowest BCUT2D eigenvalue weighted by Gasteiger charge is -2.34. The third-order valence-corrected chi connectivity index (χ3v) is 4.22. The van der Waals surface area contributed by atoms with Gasteiger partial charge in [-0.2, -0.15) is 0 Å². The SMILES string of the molecule is CCOC(=O)N1CCN(c2ccc(C(=O)Nc3cccc(F)c3)cn2)CC1. The summed E-state index contributed by atoms with van der Waals surface area (Å²) in [5, 5.41) is 2.64. The van der Waals surface area contributed by atoms with Crippen LogP contribution in [0.25, 0.3) is 0 Å². The fourth-order valence-corrected chi connectivity index (χ4v) is 2.81. The molecule has 7 nitrogen and oxygen atoms in total. The van der Waals surface area contributed by atoms with Crippen LogP contribution in [0.1, 0.15) is 17.3 Å². The number of nitrogens with zero attached hydrogens (tertiary/aromatic N) is 3. The summed E-state index contributed by atoms with van der Waals surface area (Å²) in [6.45, 7) is 4.54. The molecule has 1 N–H and O–H groups in total. The molecule has 0 bridgehead atoms. The lowest BCUT2D eigenvalue weighted by molar-refractivity contribution is 0.102. The van der Waals surface area contributed by atoms with Gasteiger partial charge in [0.2, 0.25) is 0 Å². The largest absolute Gasteiger partial charge is 0.450 e. The molecule has 2 aromatic rings. The molecule has 1 saturated heterocycles. The maximum atomic E-state index is 13.2. The van der Waals surface area contributed by atoms with Crippen molar-refractivity contribution >= 4 is 23.5 Å². The van der Waals surface area contributed by atoms with Gasteiger partial charge < -0.3 is 19.9 Å². The molecule has 1 aliphatic rings. The van der Waals surface area contributed by atoms with Crippen LogP contribution in [0.15, 0.2) is 42.6 Å². The van der Waals surface area contributed by atoms with Crippen molar-refractivity contribution in [3.63, 3.8) is 0 Å². The smallest absolute Gasteiger partial charge is 0.409 e. The number of benzene rings is 1. The quantitative estimate of drug-likeness (QED) is 0.893. The molecule has 1 aliphatic heterocycles. The first-order chi connectivity index (χ1) is 13.1. The first-order valence-electron chi connectivity index (χ1n) is 8.76. The first kappa shape index (κ1) is 18.6. The van der Waals surface area contributed by atoms with E-state index in [0.717, 1.165) is 5.82 Å². The number of hydrogen-bond donors (Lipinski definition) is 1. The van der Waals surface area contributed by atoms with Gasteiger partial charge in [-0.1, -0.05) is 6.07 Å². The molecule has 2 amide bonds. The maximum Gasteiger partial charge on any atom is 0.409 e. The van der Waals surface area contributed by atoms with Gasteiger partial charge in [0, 0.05) is 38.1 Å². The number of ether oxygens (including phenoxy) is 1. The summed E-state index contributed by atoms with van der Waals surface area (Å²) in [6, 6.07) is 9.15. The Morgan fingerprint density at radius 2 is 1.96 bits per heavy atom. The number of aromatic nitrogens is 1. The molecule has 27 heavy (non-hydrogen) atoms. The van der Waals surface area contributed by atoms with Gasteiger partial charge in [0.05, 0.1) is 12.2 Å². The zero-order valence-corrected chi connectivity index (χ0v) is 15.0. The van der Waals surface area contributed by atoms with E-state index < -0.39 is 5.82 Å². The summed E-state index contributed by atoms with van der Waals surface area (Å²) in [4.78, 5) is 32.0. The van der Waals surface area contributed by atoms with E-state index in [1.54, 1.807) is 30.0 Å². The Labute approximate surface area is 156 Å². The Hall–Kier alpha value is -3.16. The lowest BCUT2D eigenvalue weighted by atomic mass is 10.2. The molecular weight excluding hydrogens is 351 g/mol. The number of amides is 2. The van der Waals surface area contributed by atoms with Crippen molar-refractivity contribution in [2.24, 2.45) is 0 Å². The van der Waals surface area contributed by atoms with E-state index in [1.165, 1.54) is 24.4 Å². The molecule has 2 heterocycles. The zero-order valence-electron chi connectivity index (χ0n) is 15.0. The van der Waals surface area contributed by atoms with E-state index in [0.29, 0.717) is 44.0 Å². The van der Waals surface area contributed by atoms with Crippen LogP contribution < -0.4 is 10.2 Å². The Bertz CT molecular complexity index is 805. The number of carbonyl (C=O) groups is 2. The van der Waals surface area contributed by atoms with Crippen molar-refractivity contribution in [3.05, 3.63) is 54.0 Å². The fourth-order valence-electron chi connectivity index (χ4n) is 2.81. The zero-order chi connectivity index (χ0) is 19.2. The third-order valence-electron chi connectivity index (χ3n) is 4.22. The molecule has 0 atom stereocenters. The highest BCUT2D eigenvalue weighted by Gasteiger charge is 2.22. The summed E-state index contributed by atoms with van der Waals surface area (Å²) in [6.07, 6.45) is 1.19. The van der Waals surface area contributed by atoms with Crippen LogP contribution in [0.2, 0.25) is 0 Å². The number of rotatable bonds is 4. The molecule has 0 aliphatic carbocycles. The predicted molar refractivity (Wildman–Crippen MR) is 99.4 cm³/mol. The second kappa shape index (κ2) is 8.48. The Morgan fingerprint density at radius 1 is 1.19 bits per heavy atom. The Balaban J connectivity index is 1.57. The van der Waals surface area contributed by atoms with Gasteiger partial charge in [0.1, 0.15) is 11.6 Å². The summed E-state index contributed by atoms with van der Waals surface area (Å²) < 4.78 is 18.2. The monoisotopic (exact) mass is 372 g/mol. The van der Waals surface area contributed by atoms with Crippen molar-refractivity contribution in [2.75, 3.05) is 43.0 Å². The van der Waals surface area contributed by atoms with Gasteiger partial charge >= 0.3 is 6.09 Å². The van der Waals surface area contributed by atoms with Gasteiger partial charge in [-0.25, -0.2) is 14.2 Å². The van der Waals surface area contributed by atoms with E-state index in [9.17, 15) is 14.0 Å². The van der Waals surface area contributed by atoms with E-state index in [1.807, 2.05) is 4.90 Å². The molecule has 0 radical (unpaired) electrons. The highest BCUT2D eigenvalue weighted by Crippen LogP contribution is 2.16. The number of piperazine rings is 1. The summed E-state index contributed by atoms with van der Waals surface area (Å²) in [5.74, 6) is -0.0316. The van der Waals surface area contributed by atoms with Crippen LogP contribution in [-0.4, -0.2) is 54.7 Å². The first-order valence-corrected chi connectivity index (χ1v) is 8.76. The molecule has 8 heteroatoms. The van der Waals surface area contributed by atoms with E-state index in [4.69, 9.17) is 4.74 Å². The Morgan fingerprint density at radius 3 is 2.59 bits per heavy atom. The molecule has 1 aromatic carbocycles. The van der Waals surface area contributed by atoms with Crippen LogP contribution in [-0.2, 0) is 4.74 Å². The minimum Gasteiger partial charge on any atom is -0.450 e. The summed E-state index contributed by atoms with van der Waals surface area (Å²) in [5.41, 5.74) is 0.771. The number of pyridine rings is 1. The van der Waals surface area contributed by atoms with E-state index in [-0.39, 0.29) is 12.0 Å². The molecule has 0 spiro atoms. The third kappa shape index (κ3) is 4.72. The van der Waals surface area contributed by atoms with Gasteiger partial charge in [0.15, 0.2) is 0 Å². The van der Waals surface area contributed by atoms with Crippen LogP contribution in [0.5, 0.6) is 0 Å². The van der Waals surface area contributed by atoms with Crippen molar-refractivity contribution in [3.8, 4) is 0 Å². The van der Waals surface area contributed by atoms with Gasteiger partial charge in [-0.15, -0.1) is 0 Å². The van der Waals surface area contributed by atoms with Crippen LogP contribution in [0.4, 0.5) is 20.7 Å². The lowest BCUT2D eigenvalue weighted by Crippen LogP contribution is -2.49. The standard InChI is InChI=1S/C19H21FN4O3/c1-2-27-19(26)24-10-8-23(9-11-24)17-7-6-14(13-21-17)18(25)22-16-5-3-4-15(20)12-16/h3-7,12-13H,2,8-11H2,1H3,(H,22,25). The maximum absolute atomic E-state index is 13.2. The number of carbonyl (C=O) groups excluding carboxylic acids is 2. The highest BCUT2D eigenvalue weighted by atomic mass is 19.1. The average Bonchev–Trinajstić information content (AvgIpc) is 2.68.